The monoisotopic (exact) mass is 474 g/mol. The molecule has 170 valence electrons. The van der Waals surface area contributed by atoms with Crippen LogP contribution < -0.4 is 5.73 Å². The van der Waals surface area contributed by atoms with Crippen LogP contribution in [0, 0.1) is 11.3 Å². The van der Waals surface area contributed by atoms with E-state index in [1.165, 1.54) is 28.2 Å². The van der Waals surface area contributed by atoms with Crippen LogP contribution in [0.3, 0.4) is 0 Å². The lowest BCUT2D eigenvalue weighted by molar-refractivity contribution is -0.137. The number of pyridine rings is 1. The number of hydrogen-bond donors (Lipinski definition) is 1. The third-order valence-electron chi connectivity index (χ3n) is 4.59. The lowest BCUT2D eigenvalue weighted by Gasteiger charge is -2.10. The Morgan fingerprint density at radius 3 is 2.39 bits per heavy atom. The summed E-state index contributed by atoms with van der Waals surface area (Å²) in [5, 5.41) is 14.0. The van der Waals surface area contributed by atoms with Crippen molar-refractivity contribution in [2.45, 2.75) is 6.18 Å². The van der Waals surface area contributed by atoms with E-state index in [4.69, 9.17) is 20.5 Å². The van der Waals surface area contributed by atoms with Crippen molar-refractivity contribution in [1.82, 2.24) is 19.6 Å². The van der Waals surface area contributed by atoms with Crippen molar-refractivity contribution in [3.63, 3.8) is 0 Å². The molecule has 0 spiro atoms. The number of rotatable bonds is 2. The first kappa shape index (κ1) is 22.7. The number of nitriles is 1. The van der Waals surface area contributed by atoms with Crippen LogP contribution in [0.1, 0.15) is 11.1 Å². The molecule has 0 aliphatic carbocycles. The van der Waals surface area contributed by atoms with E-state index in [1.54, 1.807) is 24.3 Å². The average molecular weight is 474 g/mol. The third kappa shape index (κ3) is 5.11. The Morgan fingerprint density at radius 1 is 1.03 bits per heavy atom. The molecular weight excluding hydrogens is 457 g/mol. The van der Waals surface area contributed by atoms with Crippen molar-refractivity contribution in [2.24, 2.45) is 0 Å². The highest BCUT2D eigenvalue weighted by Gasteiger charge is 2.34. The molecule has 12 heteroatoms. The van der Waals surface area contributed by atoms with Gasteiger partial charge in [-0.3, -0.25) is 0 Å². The molecule has 0 saturated carbocycles. The number of nitrogen functional groups attached to an aromatic ring is 1. The summed E-state index contributed by atoms with van der Waals surface area (Å²) in [6.07, 6.45) is -1.92. The number of alkyl halides is 3. The summed E-state index contributed by atoms with van der Waals surface area (Å²) < 4.78 is 50.6. The number of ether oxygens (including phenoxy) is 2. The van der Waals surface area contributed by atoms with Crippen LogP contribution >= 0.6 is 11.3 Å². The van der Waals surface area contributed by atoms with Gasteiger partial charge in [-0.25, -0.2) is 14.5 Å². The number of halogens is 3. The average Bonchev–Trinajstić information content (AvgIpc) is 3.42. The molecule has 8 nitrogen and oxygen atoms in total. The number of imidazole rings is 1. The van der Waals surface area contributed by atoms with Crippen molar-refractivity contribution in [3.8, 4) is 27.9 Å². The van der Waals surface area contributed by atoms with Crippen molar-refractivity contribution in [2.75, 3.05) is 32.2 Å². The molecule has 5 rings (SSSR count). The number of nitrogens with zero attached hydrogens (tertiary/aromatic N) is 5. The molecule has 1 aliphatic heterocycles. The van der Waals surface area contributed by atoms with Gasteiger partial charge < -0.3 is 15.2 Å². The molecule has 0 radical (unpaired) electrons. The van der Waals surface area contributed by atoms with Gasteiger partial charge in [-0.15, -0.1) is 0 Å². The molecule has 33 heavy (non-hydrogen) atoms. The third-order valence-corrected chi connectivity index (χ3v) is 5.56. The summed E-state index contributed by atoms with van der Waals surface area (Å²) in [7, 11) is 0. The fourth-order valence-electron chi connectivity index (χ4n) is 3.01. The minimum absolute atomic E-state index is 0.201. The second-order valence-electron chi connectivity index (χ2n) is 6.82. The van der Waals surface area contributed by atoms with Gasteiger partial charge in [0, 0.05) is 17.3 Å². The largest absolute Gasteiger partial charge is 0.419 e. The van der Waals surface area contributed by atoms with Crippen molar-refractivity contribution in [1.29, 1.82) is 5.26 Å². The summed E-state index contributed by atoms with van der Waals surface area (Å²) in [4.78, 5) is 8.37. The molecule has 0 atom stereocenters. The van der Waals surface area contributed by atoms with Gasteiger partial charge in [-0.2, -0.15) is 23.5 Å². The molecule has 1 aliphatic rings. The minimum atomic E-state index is -4.61. The summed E-state index contributed by atoms with van der Waals surface area (Å²) in [5.74, 6) is -0.584. The van der Waals surface area contributed by atoms with Gasteiger partial charge in [0.05, 0.1) is 55.5 Å². The first-order valence-electron chi connectivity index (χ1n) is 9.70. The maximum Gasteiger partial charge on any atom is 0.419 e. The maximum atomic E-state index is 13.1. The molecule has 4 heterocycles. The molecule has 1 fully saturated rings. The Labute approximate surface area is 190 Å². The summed E-state index contributed by atoms with van der Waals surface area (Å²) in [6.45, 7) is 3.11. The van der Waals surface area contributed by atoms with Gasteiger partial charge in [0.1, 0.15) is 10.8 Å². The second-order valence-corrected chi connectivity index (χ2v) is 7.77. The van der Waals surface area contributed by atoms with E-state index in [0.717, 1.165) is 38.1 Å². The smallest absolute Gasteiger partial charge is 0.383 e. The van der Waals surface area contributed by atoms with Crippen LogP contribution in [-0.2, 0) is 15.7 Å². The van der Waals surface area contributed by atoms with Crippen LogP contribution in [0.4, 0.5) is 19.0 Å². The van der Waals surface area contributed by atoms with Gasteiger partial charge in [0.2, 0.25) is 4.96 Å². The number of anilines is 1. The van der Waals surface area contributed by atoms with E-state index in [9.17, 15) is 13.2 Å². The van der Waals surface area contributed by atoms with Crippen molar-refractivity contribution < 1.29 is 22.6 Å². The van der Waals surface area contributed by atoms with Gasteiger partial charge in [0.15, 0.2) is 0 Å². The quantitative estimate of drug-likeness (QED) is 0.467. The normalized spacial score (nSPS) is 13.9. The molecule has 1 saturated heterocycles. The topological polar surface area (TPSA) is 111 Å². The van der Waals surface area contributed by atoms with Gasteiger partial charge in [0.25, 0.3) is 0 Å². The molecule has 4 aromatic rings. The summed E-state index contributed by atoms with van der Waals surface area (Å²) >= 11 is 1.26. The highest BCUT2D eigenvalue weighted by Crippen LogP contribution is 2.36. The van der Waals surface area contributed by atoms with Crippen LogP contribution in [-0.4, -0.2) is 46.0 Å². The maximum absolute atomic E-state index is 13.1. The van der Waals surface area contributed by atoms with Gasteiger partial charge in [-0.05, 0) is 18.2 Å². The Balaban J connectivity index is 0.000000376. The van der Waals surface area contributed by atoms with E-state index < -0.39 is 17.6 Å². The Kier molecular flexibility index (Phi) is 6.55. The Hall–Kier alpha value is -3.53. The zero-order valence-electron chi connectivity index (χ0n) is 17.0. The second kappa shape index (κ2) is 9.53. The predicted molar refractivity (Wildman–Crippen MR) is 115 cm³/mol. The molecule has 0 unspecified atom stereocenters. The van der Waals surface area contributed by atoms with Gasteiger partial charge in [-0.1, -0.05) is 23.5 Å². The van der Waals surface area contributed by atoms with Crippen molar-refractivity contribution >= 4 is 22.1 Å². The highest BCUT2D eigenvalue weighted by molar-refractivity contribution is 7.19. The zero-order chi connectivity index (χ0) is 23.4. The first-order chi connectivity index (χ1) is 15.9. The number of benzene rings is 1. The molecule has 2 N–H and O–H groups in total. The molecule has 0 amide bonds. The lowest BCUT2D eigenvalue weighted by Crippen LogP contribution is -2.16. The Bertz CT molecular complexity index is 1300. The van der Waals surface area contributed by atoms with Crippen molar-refractivity contribution in [3.05, 3.63) is 53.9 Å². The molecule has 1 aromatic carbocycles. The lowest BCUT2D eigenvalue weighted by atomic mass is 10.1. The van der Waals surface area contributed by atoms with Crippen LogP contribution in [0.5, 0.6) is 0 Å². The predicted octanol–water partition coefficient (Wildman–Crippen LogP) is 4.03. The molecular formula is C21H17F3N6O2S. The number of fused-ring (bicyclic) bond motifs is 1. The SMILES string of the molecule is C1COCCO1.N#Cc1cccc(-c2nn3c(-c4cnc(N)c(C(F)(F)F)c4)cnc3s2)c1. The summed E-state index contributed by atoms with van der Waals surface area (Å²) in [6, 6.07) is 9.88. The number of aromatic nitrogens is 4. The number of nitrogens with two attached hydrogens (primary N) is 1. The fraction of sp³-hybridized carbons (Fsp3) is 0.238. The molecule has 0 bridgehead atoms. The van der Waals surface area contributed by atoms with Gasteiger partial charge >= 0.3 is 6.18 Å². The summed E-state index contributed by atoms with van der Waals surface area (Å²) in [5.41, 5.74) is 6.12. The van der Waals surface area contributed by atoms with E-state index in [1.807, 2.05) is 0 Å². The van der Waals surface area contributed by atoms with Crippen LogP contribution in [0.25, 0.3) is 26.8 Å². The fourth-order valence-corrected chi connectivity index (χ4v) is 3.88. The highest BCUT2D eigenvalue weighted by atomic mass is 32.1. The Morgan fingerprint density at radius 2 is 1.76 bits per heavy atom. The molecule has 3 aromatic heterocycles. The zero-order valence-corrected chi connectivity index (χ0v) is 17.9. The van der Waals surface area contributed by atoms with E-state index in [0.29, 0.717) is 21.2 Å². The standard InChI is InChI=1S/C17H9F3N6S.C4H8O2/c18-17(19,20)12-5-11(7-23-14(12)22)13-8-24-16-26(13)25-15(27-16)10-3-1-2-9(4-10)6-21;1-2-6-4-3-5-1/h1-5,7-8H,(H2,22,23);1-4H2. The minimum Gasteiger partial charge on any atom is -0.383 e. The van der Waals surface area contributed by atoms with E-state index in [-0.39, 0.29) is 5.56 Å². The first-order valence-corrected chi connectivity index (χ1v) is 10.5. The van der Waals surface area contributed by atoms with Crippen LogP contribution in [0.2, 0.25) is 0 Å². The van der Waals surface area contributed by atoms with E-state index in [2.05, 4.69) is 21.1 Å². The number of hydrogen-bond acceptors (Lipinski definition) is 8. The van der Waals surface area contributed by atoms with E-state index >= 15 is 0 Å². The van der Waals surface area contributed by atoms with Crippen LogP contribution in [0.15, 0.2) is 42.7 Å².